The first kappa shape index (κ1) is 38.9. The molecule has 2 bridgehead atoms. The average Bonchev–Trinajstić information content (AvgIpc) is 3.11. The minimum Gasteiger partial charge on any atom is -0.487 e. The summed E-state index contributed by atoms with van der Waals surface area (Å²) in [6.07, 6.45) is 1.58. The summed E-state index contributed by atoms with van der Waals surface area (Å²) in [6.45, 7) is 7.31. The fraction of sp³-hybridized carbons (Fsp3) is 0.605. The van der Waals surface area contributed by atoms with E-state index >= 15 is 0 Å². The number of ether oxygens (including phenoxy) is 3. The Kier molecular flexibility index (Phi) is 12.8. The number of rotatable bonds is 5. The third-order valence-electron chi connectivity index (χ3n) is 10.9. The van der Waals surface area contributed by atoms with E-state index < -0.39 is 39.7 Å². The molecule has 14 heteroatoms. The summed E-state index contributed by atoms with van der Waals surface area (Å²) in [4.78, 5) is 18.1. The van der Waals surface area contributed by atoms with Crippen molar-refractivity contribution in [3.8, 4) is 5.75 Å². The van der Waals surface area contributed by atoms with Crippen molar-refractivity contribution in [1.29, 1.82) is 0 Å². The number of allylic oxidation sites excluding steroid dienone is 1. The van der Waals surface area contributed by atoms with Gasteiger partial charge in [-0.3, -0.25) is 9.69 Å². The summed E-state index contributed by atoms with van der Waals surface area (Å²) in [5, 5.41) is -1.22. The summed E-state index contributed by atoms with van der Waals surface area (Å²) in [5.41, 5.74) is 2.78. The summed E-state index contributed by atoms with van der Waals surface area (Å²) in [5.74, 6) is -0.987. The number of morpholine rings is 1. The first-order valence-electron chi connectivity index (χ1n) is 18.4. The number of benzene rings is 2. The average molecular weight is 768 g/mol. The van der Waals surface area contributed by atoms with Gasteiger partial charge in [-0.15, -0.1) is 0 Å². The van der Waals surface area contributed by atoms with Crippen molar-refractivity contribution in [2.45, 2.75) is 76.0 Å². The van der Waals surface area contributed by atoms with Crippen LogP contribution in [0.3, 0.4) is 0 Å². The molecular weight excluding hydrogens is 719 g/mol. The van der Waals surface area contributed by atoms with Gasteiger partial charge in [-0.05, 0) is 97.7 Å². The molecule has 2 aromatic rings. The molecule has 9 nitrogen and oxygen atoms in total. The Bertz CT molecular complexity index is 1690. The lowest BCUT2D eigenvalue weighted by atomic mass is 9.70. The van der Waals surface area contributed by atoms with E-state index in [0.29, 0.717) is 49.4 Å². The van der Waals surface area contributed by atoms with Crippen LogP contribution >= 0.6 is 11.6 Å². The van der Waals surface area contributed by atoms with Crippen molar-refractivity contribution in [2.24, 2.45) is 17.8 Å². The molecule has 0 spiro atoms. The van der Waals surface area contributed by atoms with Gasteiger partial charge >= 0.3 is 6.18 Å². The number of hydrogen-bond donors (Lipinski definition) is 1. The molecule has 1 N–H and O–H groups in total. The number of sulfonamides is 1. The molecule has 5 atom stereocenters. The standard InChI is InChI=1S/C38H49ClF3N3O6S/c1-26-5-4-7-34(50-20-17-44-15-18-49-19-16-44)32-12-9-29(32)24-45-14-3-2-6-27-21-31(39)11-8-30(27)25-51-35-13-10-28(22-33(35)45)37(46)43-52(47,48)36(26)23-38(40,41)42/h4,7-8,10-11,13,21-22,26,29,32,34,36H,2-3,5-6,9,12,14-20,23-25H2,1H3,(H,43,46)/b7-4-/t26?,29?,32?,34?,36-/m1/s1. The quantitative estimate of drug-likeness (QED) is 0.333. The zero-order valence-electron chi connectivity index (χ0n) is 29.6. The molecule has 1 saturated heterocycles. The van der Waals surface area contributed by atoms with E-state index in [0.717, 1.165) is 62.9 Å². The van der Waals surface area contributed by atoms with Crippen LogP contribution in [0, 0.1) is 17.8 Å². The lowest BCUT2D eigenvalue weighted by Crippen LogP contribution is -2.45. The summed E-state index contributed by atoms with van der Waals surface area (Å²) < 4.78 is 89.0. The third kappa shape index (κ3) is 10.0. The van der Waals surface area contributed by atoms with E-state index in [2.05, 4.69) is 9.80 Å². The zero-order chi connectivity index (χ0) is 36.9. The number of anilines is 1. The predicted octanol–water partition coefficient (Wildman–Crippen LogP) is 6.78. The van der Waals surface area contributed by atoms with Gasteiger partial charge in [0.2, 0.25) is 10.0 Å². The minimum atomic E-state index is -4.76. The number of carbonyl (C=O) groups excluding carboxylic acids is 1. The molecule has 0 radical (unpaired) electrons. The topological polar surface area (TPSA) is 97.4 Å². The first-order valence-corrected chi connectivity index (χ1v) is 20.3. The molecule has 1 saturated carbocycles. The van der Waals surface area contributed by atoms with E-state index in [1.807, 2.05) is 29.0 Å². The molecule has 1 aliphatic carbocycles. The third-order valence-corrected chi connectivity index (χ3v) is 13.1. The zero-order valence-corrected chi connectivity index (χ0v) is 31.2. The van der Waals surface area contributed by atoms with E-state index in [4.69, 9.17) is 25.8 Å². The number of halogens is 4. The van der Waals surface area contributed by atoms with Crippen molar-refractivity contribution >= 4 is 33.2 Å². The van der Waals surface area contributed by atoms with Gasteiger partial charge < -0.3 is 19.1 Å². The summed E-state index contributed by atoms with van der Waals surface area (Å²) in [7, 11) is -4.74. The number of aryl methyl sites for hydroxylation is 1. The van der Waals surface area contributed by atoms with Gasteiger partial charge in [0.25, 0.3) is 5.91 Å². The molecule has 286 valence electrons. The van der Waals surface area contributed by atoms with Gasteiger partial charge in [0.15, 0.2) is 0 Å². The van der Waals surface area contributed by atoms with Crippen molar-refractivity contribution in [1.82, 2.24) is 9.62 Å². The van der Waals surface area contributed by atoms with Crippen LogP contribution in [0.2, 0.25) is 5.02 Å². The molecule has 2 aromatic carbocycles. The van der Waals surface area contributed by atoms with Crippen molar-refractivity contribution < 1.29 is 40.6 Å². The van der Waals surface area contributed by atoms with Gasteiger partial charge in [-0.1, -0.05) is 36.7 Å². The monoisotopic (exact) mass is 767 g/mol. The smallest absolute Gasteiger partial charge is 0.390 e. The Morgan fingerprint density at radius 3 is 2.60 bits per heavy atom. The van der Waals surface area contributed by atoms with Crippen LogP contribution in [0.4, 0.5) is 18.9 Å². The maximum absolute atomic E-state index is 13.8. The number of nitrogens with one attached hydrogen (secondary N) is 1. The highest BCUT2D eigenvalue weighted by Crippen LogP contribution is 2.42. The maximum atomic E-state index is 13.8. The Hall–Kier alpha value is -2.84. The highest BCUT2D eigenvalue weighted by atomic mass is 35.5. The Labute approximate surface area is 309 Å². The number of alkyl halides is 3. The highest BCUT2D eigenvalue weighted by Gasteiger charge is 2.43. The van der Waals surface area contributed by atoms with Crippen LogP contribution in [-0.4, -0.2) is 89.3 Å². The van der Waals surface area contributed by atoms with Crippen LogP contribution in [-0.2, 0) is 32.5 Å². The normalized spacial score (nSPS) is 28.2. The maximum Gasteiger partial charge on any atom is 0.390 e. The van der Waals surface area contributed by atoms with E-state index in [1.54, 1.807) is 18.2 Å². The van der Waals surface area contributed by atoms with Gasteiger partial charge in [-0.25, -0.2) is 13.1 Å². The lowest BCUT2D eigenvalue weighted by molar-refractivity contribution is -0.136. The molecule has 3 aliphatic heterocycles. The Morgan fingerprint density at radius 1 is 1.04 bits per heavy atom. The van der Waals surface area contributed by atoms with Crippen molar-refractivity contribution in [3.63, 3.8) is 0 Å². The second-order valence-electron chi connectivity index (χ2n) is 14.6. The van der Waals surface area contributed by atoms with Gasteiger partial charge in [0.05, 0.1) is 43.3 Å². The Morgan fingerprint density at radius 2 is 1.85 bits per heavy atom. The molecule has 52 heavy (non-hydrogen) atoms. The molecule has 2 fully saturated rings. The van der Waals surface area contributed by atoms with Gasteiger partial charge in [0.1, 0.15) is 12.4 Å². The van der Waals surface area contributed by atoms with Crippen LogP contribution in [0.1, 0.15) is 66.9 Å². The minimum absolute atomic E-state index is 0.0258. The molecular formula is C38H49ClF3N3O6S. The fourth-order valence-electron chi connectivity index (χ4n) is 7.77. The number of hydrogen-bond acceptors (Lipinski definition) is 8. The van der Waals surface area contributed by atoms with Crippen LogP contribution in [0.25, 0.3) is 0 Å². The summed E-state index contributed by atoms with van der Waals surface area (Å²) >= 11 is 6.34. The number of nitrogens with zero attached hydrogens (tertiary/aromatic N) is 2. The second kappa shape index (κ2) is 17.1. The predicted molar refractivity (Wildman–Crippen MR) is 194 cm³/mol. The number of amides is 1. The molecule has 4 aliphatic rings. The fourth-order valence-corrected chi connectivity index (χ4v) is 9.62. The Balaban J connectivity index is 1.35. The van der Waals surface area contributed by atoms with E-state index in [9.17, 15) is 26.4 Å². The molecule has 6 rings (SSSR count). The van der Waals surface area contributed by atoms with Crippen molar-refractivity contribution in [2.75, 3.05) is 57.4 Å². The van der Waals surface area contributed by atoms with Gasteiger partial charge in [0, 0.05) is 43.3 Å². The largest absolute Gasteiger partial charge is 0.487 e. The summed E-state index contributed by atoms with van der Waals surface area (Å²) in [6, 6.07) is 10.5. The molecule has 4 unspecified atom stereocenters. The van der Waals surface area contributed by atoms with Crippen molar-refractivity contribution in [3.05, 3.63) is 70.3 Å². The second-order valence-corrected chi connectivity index (χ2v) is 16.9. The highest BCUT2D eigenvalue weighted by molar-refractivity contribution is 7.90. The van der Waals surface area contributed by atoms with E-state index in [1.165, 1.54) is 13.0 Å². The SMILES string of the molecule is CC1C/C=C\C(OCCN2CCOCC2)C2CCC2CN2CCCCc3cc(Cl)ccc3COc3ccc(cc32)C(=O)NS(=O)(=O)[C@@H]1CC(F)(F)F. The molecule has 3 heterocycles. The first-order chi connectivity index (χ1) is 24.9. The van der Waals surface area contributed by atoms with Crippen LogP contribution in [0.15, 0.2) is 48.6 Å². The van der Waals surface area contributed by atoms with Crippen LogP contribution < -0.4 is 14.4 Å². The molecule has 1 amide bonds. The number of carbonyl (C=O) groups is 1. The van der Waals surface area contributed by atoms with Gasteiger partial charge in [-0.2, -0.15) is 13.2 Å². The van der Waals surface area contributed by atoms with Crippen LogP contribution in [0.5, 0.6) is 5.75 Å². The molecule has 0 aromatic heterocycles. The number of fused-ring (bicyclic) bond motifs is 3. The van der Waals surface area contributed by atoms with E-state index in [-0.39, 0.29) is 36.5 Å². The lowest BCUT2D eigenvalue weighted by Gasteiger charge is -2.44.